The Balaban J connectivity index is 2.08. The summed E-state index contributed by atoms with van der Waals surface area (Å²) in [6, 6.07) is 11.2. The van der Waals surface area contributed by atoms with Crippen LogP contribution in [0.3, 0.4) is 0 Å². The average molecular weight is 501 g/mol. The molecule has 3 rings (SSSR count). The molecule has 1 saturated heterocycles. The van der Waals surface area contributed by atoms with Crippen LogP contribution in [0.25, 0.3) is 5.76 Å². The minimum Gasteiger partial charge on any atom is -0.507 e. The lowest BCUT2D eigenvalue weighted by Crippen LogP contribution is -2.33. The number of carbonyl (C=O) groups is 2. The number of para-hydroxylation sites is 1. The summed E-state index contributed by atoms with van der Waals surface area (Å²) in [6.45, 7) is 9.44. The minimum atomic E-state index is -0.784. The van der Waals surface area contributed by atoms with E-state index in [9.17, 15) is 14.7 Å². The molecule has 0 unspecified atom stereocenters. The zero-order valence-electron chi connectivity index (χ0n) is 20.7. The van der Waals surface area contributed by atoms with Gasteiger partial charge < -0.3 is 24.4 Å². The third kappa shape index (κ3) is 5.63. The van der Waals surface area contributed by atoms with E-state index < -0.39 is 17.7 Å². The van der Waals surface area contributed by atoms with Crippen molar-refractivity contribution in [1.82, 2.24) is 9.80 Å². The average Bonchev–Trinajstić information content (AvgIpc) is 3.12. The van der Waals surface area contributed by atoms with Crippen LogP contribution in [0, 0.1) is 0 Å². The Morgan fingerprint density at radius 3 is 2.43 bits per heavy atom. The zero-order valence-corrected chi connectivity index (χ0v) is 21.5. The SMILES string of the molecule is CCOc1ccc(/C(O)=C2\C(=O)C(=O)N(CCCN(CC)CC)[C@H]2c2ccccc2OC)cc1Cl. The van der Waals surface area contributed by atoms with Crippen LogP contribution < -0.4 is 9.47 Å². The van der Waals surface area contributed by atoms with Gasteiger partial charge in [0, 0.05) is 17.7 Å². The highest BCUT2D eigenvalue weighted by Gasteiger charge is 2.46. The largest absolute Gasteiger partial charge is 0.507 e. The number of aliphatic hydroxyl groups excluding tert-OH is 1. The van der Waals surface area contributed by atoms with Crippen molar-refractivity contribution in [2.75, 3.05) is 39.9 Å². The fraction of sp³-hybridized carbons (Fsp3) is 0.407. The van der Waals surface area contributed by atoms with E-state index in [1.807, 2.05) is 25.1 Å². The molecular formula is C27H33ClN2O5. The van der Waals surface area contributed by atoms with E-state index in [-0.39, 0.29) is 11.3 Å². The van der Waals surface area contributed by atoms with Crippen LogP contribution in [-0.4, -0.2) is 66.5 Å². The molecule has 1 atom stereocenters. The number of ketones is 1. The second-order valence-corrected chi connectivity index (χ2v) is 8.60. The van der Waals surface area contributed by atoms with E-state index in [0.717, 1.165) is 19.6 Å². The summed E-state index contributed by atoms with van der Waals surface area (Å²) in [5.41, 5.74) is 0.984. The number of aliphatic hydroxyl groups is 1. The molecule has 8 heteroatoms. The second-order valence-electron chi connectivity index (χ2n) is 8.19. The molecule has 1 aliphatic rings. The third-order valence-electron chi connectivity index (χ3n) is 6.25. The topological polar surface area (TPSA) is 79.3 Å². The van der Waals surface area contributed by atoms with Gasteiger partial charge in [-0.15, -0.1) is 0 Å². The van der Waals surface area contributed by atoms with E-state index >= 15 is 0 Å². The molecule has 0 aliphatic carbocycles. The van der Waals surface area contributed by atoms with Crippen molar-refractivity contribution in [3.63, 3.8) is 0 Å². The van der Waals surface area contributed by atoms with E-state index in [1.165, 1.54) is 18.1 Å². The molecule has 0 spiro atoms. The van der Waals surface area contributed by atoms with Gasteiger partial charge in [-0.1, -0.05) is 43.6 Å². The molecule has 1 heterocycles. The highest BCUT2D eigenvalue weighted by molar-refractivity contribution is 6.46. The number of halogens is 1. The highest BCUT2D eigenvalue weighted by Crippen LogP contribution is 2.43. The molecule has 2 aromatic carbocycles. The first-order valence-electron chi connectivity index (χ1n) is 11.9. The van der Waals surface area contributed by atoms with Gasteiger partial charge in [0.15, 0.2) is 0 Å². The summed E-state index contributed by atoms with van der Waals surface area (Å²) in [4.78, 5) is 30.2. The van der Waals surface area contributed by atoms with Gasteiger partial charge in [0.1, 0.15) is 17.3 Å². The van der Waals surface area contributed by atoms with Crippen molar-refractivity contribution in [2.24, 2.45) is 0 Å². The molecule has 1 fully saturated rings. The zero-order chi connectivity index (χ0) is 25.5. The quantitative estimate of drug-likeness (QED) is 0.268. The van der Waals surface area contributed by atoms with Crippen LogP contribution in [0.2, 0.25) is 5.02 Å². The molecule has 0 radical (unpaired) electrons. The predicted octanol–water partition coefficient (Wildman–Crippen LogP) is 4.90. The maximum absolute atomic E-state index is 13.3. The summed E-state index contributed by atoms with van der Waals surface area (Å²) in [6.07, 6.45) is 0.690. The summed E-state index contributed by atoms with van der Waals surface area (Å²) in [5.74, 6) is -0.645. The normalized spacial score (nSPS) is 17.3. The third-order valence-corrected chi connectivity index (χ3v) is 6.54. The van der Waals surface area contributed by atoms with Gasteiger partial charge in [-0.25, -0.2) is 0 Å². The number of amides is 1. The molecule has 2 aromatic rings. The van der Waals surface area contributed by atoms with Gasteiger partial charge in [-0.2, -0.15) is 0 Å². The molecule has 0 bridgehead atoms. The Morgan fingerprint density at radius 2 is 1.80 bits per heavy atom. The lowest BCUT2D eigenvalue weighted by atomic mass is 9.94. The van der Waals surface area contributed by atoms with Gasteiger partial charge in [0.05, 0.1) is 30.4 Å². The lowest BCUT2D eigenvalue weighted by Gasteiger charge is -2.27. The van der Waals surface area contributed by atoms with Crippen molar-refractivity contribution in [1.29, 1.82) is 0 Å². The predicted molar refractivity (Wildman–Crippen MR) is 137 cm³/mol. The van der Waals surface area contributed by atoms with Crippen molar-refractivity contribution in [2.45, 2.75) is 33.2 Å². The Kier molecular flexibility index (Phi) is 9.18. The van der Waals surface area contributed by atoms with Crippen LogP contribution >= 0.6 is 11.6 Å². The van der Waals surface area contributed by atoms with E-state index in [0.29, 0.717) is 47.2 Å². The number of methoxy groups -OCH3 is 1. The molecule has 35 heavy (non-hydrogen) atoms. The first-order valence-corrected chi connectivity index (χ1v) is 12.3. The number of likely N-dealkylation sites (tertiary alicyclic amines) is 1. The molecule has 188 valence electrons. The number of rotatable bonds is 11. The highest BCUT2D eigenvalue weighted by atomic mass is 35.5. The minimum absolute atomic E-state index is 0.0163. The lowest BCUT2D eigenvalue weighted by molar-refractivity contribution is -0.140. The van der Waals surface area contributed by atoms with E-state index in [2.05, 4.69) is 18.7 Å². The van der Waals surface area contributed by atoms with Crippen LogP contribution in [-0.2, 0) is 9.59 Å². The van der Waals surface area contributed by atoms with Crippen molar-refractivity contribution in [3.05, 3.63) is 64.2 Å². The second kappa shape index (κ2) is 12.1. The number of carbonyl (C=O) groups excluding carboxylic acids is 2. The Morgan fingerprint density at radius 1 is 1.09 bits per heavy atom. The van der Waals surface area contributed by atoms with Crippen LogP contribution in [0.15, 0.2) is 48.0 Å². The smallest absolute Gasteiger partial charge is 0.295 e. The monoisotopic (exact) mass is 500 g/mol. The summed E-state index contributed by atoms with van der Waals surface area (Å²) >= 11 is 6.33. The standard InChI is InChI=1S/C27H33ClN2O5/c1-5-29(6-2)15-10-16-30-24(19-11-8-9-12-21(19)34-4)23(26(32)27(30)33)25(31)18-13-14-22(35-7-3)20(28)17-18/h8-9,11-14,17,24,31H,5-7,10,15-16H2,1-4H3/b25-23+/t24-/m0/s1. The number of nitrogens with zero attached hydrogens (tertiary/aromatic N) is 2. The van der Waals surface area contributed by atoms with Gasteiger partial charge in [0.2, 0.25) is 0 Å². The van der Waals surface area contributed by atoms with E-state index in [1.54, 1.807) is 18.2 Å². The fourth-order valence-electron chi connectivity index (χ4n) is 4.41. The Bertz CT molecular complexity index is 1100. The first-order chi connectivity index (χ1) is 16.9. The Labute approximate surface area is 211 Å². The molecule has 1 aliphatic heterocycles. The molecular weight excluding hydrogens is 468 g/mol. The van der Waals surface area contributed by atoms with Gasteiger partial charge >= 0.3 is 0 Å². The Hall–Kier alpha value is -3.03. The van der Waals surface area contributed by atoms with Crippen molar-refractivity contribution < 1.29 is 24.2 Å². The molecule has 7 nitrogen and oxygen atoms in total. The van der Waals surface area contributed by atoms with Gasteiger partial charge in [-0.3, -0.25) is 9.59 Å². The van der Waals surface area contributed by atoms with Crippen LogP contribution in [0.1, 0.15) is 44.4 Å². The van der Waals surface area contributed by atoms with Gasteiger partial charge in [-0.05, 0) is 57.2 Å². The summed E-state index contributed by atoms with van der Waals surface area (Å²) in [5, 5.41) is 11.6. The van der Waals surface area contributed by atoms with Gasteiger partial charge in [0.25, 0.3) is 11.7 Å². The van der Waals surface area contributed by atoms with E-state index in [4.69, 9.17) is 21.1 Å². The molecule has 0 saturated carbocycles. The first kappa shape index (κ1) is 26.6. The number of Topliss-reactive ketones (excluding diaryl/α,β-unsaturated/α-hetero) is 1. The van der Waals surface area contributed by atoms with Crippen molar-refractivity contribution in [3.8, 4) is 11.5 Å². The number of hydrogen-bond donors (Lipinski definition) is 1. The maximum atomic E-state index is 13.3. The fourth-order valence-corrected chi connectivity index (χ4v) is 4.64. The summed E-state index contributed by atoms with van der Waals surface area (Å²) < 4.78 is 11.0. The molecule has 1 amide bonds. The summed E-state index contributed by atoms with van der Waals surface area (Å²) in [7, 11) is 1.54. The number of hydrogen-bond acceptors (Lipinski definition) is 6. The van der Waals surface area contributed by atoms with Crippen LogP contribution in [0.5, 0.6) is 11.5 Å². The number of benzene rings is 2. The molecule has 1 N–H and O–H groups in total. The maximum Gasteiger partial charge on any atom is 0.295 e. The van der Waals surface area contributed by atoms with Crippen molar-refractivity contribution >= 4 is 29.1 Å². The van der Waals surface area contributed by atoms with Crippen LogP contribution in [0.4, 0.5) is 0 Å². The molecule has 0 aromatic heterocycles. The number of ether oxygens (including phenoxy) is 2.